The summed E-state index contributed by atoms with van der Waals surface area (Å²) in [6.07, 6.45) is 2.22. The monoisotopic (exact) mass is 368 g/mol. The molecule has 2 N–H and O–H groups in total. The van der Waals surface area contributed by atoms with Crippen LogP contribution in [0.5, 0.6) is 0 Å². The van der Waals surface area contributed by atoms with Gasteiger partial charge in [-0.05, 0) is 6.92 Å². The van der Waals surface area contributed by atoms with Crippen LogP contribution in [0.25, 0.3) is 0 Å². The summed E-state index contributed by atoms with van der Waals surface area (Å²) in [5.41, 5.74) is 0.837. The zero-order valence-electron chi connectivity index (χ0n) is 13.8. The predicted octanol–water partition coefficient (Wildman–Crippen LogP) is 0.0000200. The van der Waals surface area contributed by atoms with Crippen LogP contribution in [0.3, 0.4) is 0 Å². The topological polar surface area (TPSA) is 122 Å². The minimum absolute atomic E-state index is 0.00564. The molecule has 2 aromatic heterocycles. The molecule has 1 aliphatic heterocycles. The molecule has 0 atom stereocenters. The van der Waals surface area contributed by atoms with Gasteiger partial charge in [0.2, 0.25) is 16.0 Å². The third-order valence-corrected chi connectivity index (χ3v) is 5.00. The number of aryl methyl sites for hydroxylation is 1. The molecule has 0 saturated carbocycles. The van der Waals surface area contributed by atoms with Crippen molar-refractivity contribution in [2.75, 3.05) is 49.6 Å². The Morgan fingerprint density at radius 2 is 2.04 bits per heavy atom. The van der Waals surface area contributed by atoms with E-state index in [1.54, 1.807) is 0 Å². The van der Waals surface area contributed by atoms with Gasteiger partial charge in [-0.25, -0.2) is 18.1 Å². The van der Waals surface area contributed by atoms with Crippen LogP contribution in [0.2, 0.25) is 0 Å². The highest BCUT2D eigenvalue weighted by Crippen LogP contribution is 2.16. The van der Waals surface area contributed by atoms with Gasteiger partial charge in [0.1, 0.15) is 17.0 Å². The first-order valence-corrected chi connectivity index (χ1v) is 9.34. The van der Waals surface area contributed by atoms with Gasteiger partial charge in [-0.3, -0.25) is 0 Å². The molecule has 136 valence electrons. The lowest BCUT2D eigenvalue weighted by Crippen LogP contribution is -2.37. The third-order valence-electron chi connectivity index (χ3n) is 3.60. The van der Waals surface area contributed by atoms with E-state index in [9.17, 15) is 8.42 Å². The smallest absolute Gasteiger partial charge is 0.245 e. The summed E-state index contributed by atoms with van der Waals surface area (Å²) in [5.74, 6) is 1.30. The van der Waals surface area contributed by atoms with Gasteiger partial charge in [0.15, 0.2) is 0 Å². The van der Waals surface area contributed by atoms with Crippen LogP contribution in [0.1, 0.15) is 5.69 Å². The summed E-state index contributed by atoms with van der Waals surface area (Å²) >= 11 is 0. The zero-order valence-corrected chi connectivity index (χ0v) is 14.6. The maximum absolute atomic E-state index is 11.9. The SMILES string of the molecule is Cc1cc(N2CCOCC2)nc(NCCNS(=O)(=O)c2cnoc2)n1. The summed E-state index contributed by atoms with van der Waals surface area (Å²) in [5, 5.41) is 6.42. The van der Waals surface area contributed by atoms with Gasteiger partial charge in [0, 0.05) is 37.9 Å². The lowest BCUT2D eigenvalue weighted by atomic mass is 10.3. The summed E-state index contributed by atoms with van der Waals surface area (Å²) in [6, 6.07) is 1.92. The van der Waals surface area contributed by atoms with Crippen LogP contribution in [0.15, 0.2) is 27.9 Å². The Kier molecular flexibility index (Phi) is 5.46. The summed E-state index contributed by atoms with van der Waals surface area (Å²) in [4.78, 5) is 10.9. The van der Waals surface area contributed by atoms with Gasteiger partial charge >= 0.3 is 0 Å². The Bertz CT molecular complexity index is 790. The maximum Gasteiger partial charge on any atom is 0.245 e. The average Bonchev–Trinajstić information content (AvgIpc) is 3.15. The summed E-state index contributed by atoms with van der Waals surface area (Å²) in [6.45, 7) is 5.34. The number of rotatable bonds is 7. The van der Waals surface area contributed by atoms with Crippen molar-refractivity contribution in [2.45, 2.75) is 11.8 Å². The number of anilines is 2. The van der Waals surface area contributed by atoms with E-state index >= 15 is 0 Å². The fourth-order valence-electron chi connectivity index (χ4n) is 2.36. The Labute approximate surface area is 145 Å². The first-order chi connectivity index (χ1) is 12.0. The Morgan fingerprint density at radius 3 is 2.76 bits per heavy atom. The van der Waals surface area contributed by atoms with Crippen molar-refractivity contribution < 1.29 is 17.7 Å². The Morgan fingerprint density at radius 1 is 1.24 bits per heavy atom. The zero-order chi connectivity index (χ0) is 17.7. The van der Waals surface area contributed by atoms with E-state index in [4.69, 9.17) is 4.74 Å². The van der Waals surface area contributed by atoms with Crippen LogP contribution < -0.4 is 14.9 Å². The van der Waals surface area contributed by atoms with Crippen molar-refractivity contribution in [1.82, 2.24) is 19.8 Å². The summed E-state index contributed by atoms with van der Waals surface area (Å²) in [7, 11) is -3.61. The van der Waals surface area contributed by atoms with Crippen molar-refractivity contribution >= 4 is 21.8 Å². The van der Waals surface area contributed by atoms with Crippen molar-refractivity contribution in [3.05, 3.63) is 24.2 Å². The molecule has 11 heteroatoms. The number of sulfonamides is 1. The second-order valence-electron chi connectivity index (χ2n) is 5.48. The highest BCUT2D eigenvalue weighted by atomic mass is 32.2. The van der Waals surface area contributed by atoms with Gasteiger partial charge in [0.25, 0.3) is 0 Å². The number of nitrogens with one attached hydrogen (secondary N) is 2. The van der Waals surface area contributed by atoms with E-state index in [2.05, 4.69) is 34.6 Å². The van der Waals surface area contributed by atoms with E-state index in [0.29, 0.717) is 25.7 Å². The predicted molar refractivity (Wildman–Crippen MR) is 90.0 cm³/mol. The minimum Gasteiger partial charge on any atom is -0.378 e. The van der Waals surface area contributed by atoms with Crippen molar-refractivity contribution in [3.63, 3.8) is 0 Å². The fraction of sp³-hybridized carbons (Fsp3) is 0.500. The van der Waals surface area contributed by atoms with E-state index in [1.165, 1.54) is 0 Å². The first-order valence-electron chi connectivity index (χ1n) is 7.86. The lowest BCUT2D eigenvalue weighted by molar-refractivity contribution is 0.122. The number of aromatic nitrogens is 3. The number of hydrogen-bond acceptors (Lipinski definition) is 9. The molecule has 0 aromatic carbocycles. The summed E-state index contributed by atoms with van der Waals surface area (Å²) < 4.78 is 36.2. The van der Waals surface area contributed by atoms with Gasteiger partial charge in [-0.15, -0.1) is 0 Å². The molecular weight excluding hydrogens is 348 g/mol. The number of nitrogens with zero attached hydrogens (tertiary/aromatic N) is 4. The number of hydrogen-bond donors (Lipinski definition) is 2. The van der Waals surface area contributed by atoms with Gasteiger partial charge in [-0.2, -0.15) is 4.98 Å². The van der Waals surface area contributed by atoms with Crippen molar-refractivity contribution in [2.24, 2.45) is 0 Å². The molecule has 1 aliphatic rings. The van der Waals surface area contributed by atoms with Gasteiger partial charge in [-0.1, -0.05) is 5.16 Å². The van der Waals surface area contributed by atoms with Crippen LogP contribution in [0, 0.1) is 6.92 Å². The van der Waals surface area contributed by atoms with Gasteiger partial charge in [0.05, 0.1) is 19.4 Å². The lowest BCUT2D eigenvalue weighted by Gasteiger charge is -2.28. The molecule has 0 amide bonds. The third kappa shape index (κ3) is 4.65. The molecule has 0 aliphatic carbocycles. The van der Waals surface area contributed by atoms with Crippen LogP contribution >= 0.6 is 0 Å². The second kappa shape index (κ2) is 7.76. The molecule has 1 saturated heterocycles. The fourth-order valence-corrected chi connectivity index (χ4v) is 3.25. The molecule has 2 aromatic rings. The highest BCUT2D eigenvalue weighted by Gasteiger charge is 2.16. The number of ether oxygens (including phenoxy) is 1. The average molecular weight is 368 g/mol. The largest absolute Gasteiger partial charge is 0.378 e. The van der Waals surface area contributed by atoms with Crippen LogP contribution in [0.4, 0.5) is 11.8 Å². The molecule has 0 unspecified atom stereocenters. The molecule has 0 spiro atoms. The van der Waals surface area contributed by atoms with E-state index in [1.807, 2.05) is 13.0 Å². The van der Waals surface area contributed by atoms with Gasteiger partial charge < -0.3 is 19.5 Å². The number of morpholine rings is 1. The first kappa shape index (κ1) is 17.6. The molecular formula is C14H20N6O4S. The quantitative estimate of drug-likeness (QED) is 0.650. The molecule has 10 nitrogen and oxygen atoms in total. The molecule has 1 fully saturated rings. The van der Waals surface area contributed by atoms with E-state index in [-0.39, 0.29) is 11.4 Å². The molecule has 3 rings (SSSR count). The highest BCUT2D eigenvalue weighted by molar-refractivity contribution is 7.89. The van der Waals surface area contributed by atoms with E-state index < -0.39 is 10.0 Å². The Hall–Kier alpha value is -2.24. The van der Waals surface area contributed by atoms with E-state index in [0.717, 1.165) is 37.1 Å². The minimum atomic E-state index is -3.61. The normalized spacial score (nSPS) is 15.3. The molecule has 3 heterocycles. The second-order valence-corrected chi connectivity index (χ2v) is 7.24. The molecule has 0 radical (unpaired) electrons. The van der Waals surface area contributed by atoms with Crippen molar-refractivity contribution in [1.29, 1.82) is 0 Å². The van der Waals surface area contributed by atoms with Crippen LogP contribution in [-0.2, 0) is 14.8 Å². The van der Waals surface area contributed by atoms with Crippen molar-refractivity contribution in [3.8, 4) is 0 Å². The maximum atomic E-state index is 11.9. The molecule has 25 heavy (non-hydrogen) atoms. The van der Waals surface area contributed by atoms with Crippen LogP contribution in [-0.4, -0.2) is 62.9 Å². The Balaban J connectivity index is 1.55. The molecule has 0 bridgehead atoms. The standard InChI is InChI=1S/C14H20N6O4S/c1-11-8-13(20-4-6-23-7-5-20)19-14(18-11)15-2-3-17-25(21,22)12-9-16-24-10-12/h8-10,17H,2-7H2,1H3,(H,15,18,19).